The average molecular weight is 704 g/mol. The molecule has 0 aliphatic rings. The van der Waals surface area contributed by atoms with E-state index in [1.54, 1.807) is 30.3 Å². The Kier molecular flexibility index (Phi) is 10.5. The molecule has 0 radical (unpaired) electrons. The second kappa shape index (κ2) is 14.0. The number of urea groups is 1. The van der Waals surface area contributed by atoms with Gasteiger partial charge >= 0.3 is 24.7 Å². The minimum atomic E-state index is -5.12. The number of halogens is 8. The number of aromatic nitrogens is 1. The summed E-state index contributed by atoms with van der Waals surface area (Å²) in [6.07, 6.45) is -10.5. The molecule has 8 nitrogen and oxygen atoms in total. The number of thiazole rings is 1. The van der Waals surface area contributed by atoms with E-state index < -0.39 is 63.4 Å². The highest BCUT2D eigenvalue weighted by Gasteiger charge is 2.40. The molecular formula is C31H25F8N3O5S. The lowest BCUT2D eigenvalue weighted by Crippen LogP contribution is -2.50. The Bertz CT molecular complexity index is 1680. The van der Waals surface area contributed by atoms with Crippen molar-refractivity contribution in [3.05, 3.63) is 106 Å². The van der Waals surface area contributed by atoms with Gasteiger partial charge in [0.25, 0.3) is 5.92 Å². The van der Waals surface area contributed by atoms with Crippen molar-refractivity contribution < 1.29 is 58.9 Å². The molecular weight excluding hydrogens is 678 g/mol. The van der Waals surface area contributed by atoms with Gasteiger partial charge in [0.1, 0.15) is 22.1 Å². The van der Waals surface area contributed by atoms with Crippen molar-refractivity contribution in [2.45, 2.75) is 44.5 Å². The number of hydrogen-bond donors (Lipinski definition) is 2. The topological polar surface area (TPSA) is 98.8 Å². The van der Waals surface area contributed by atoms with E-state index in [1.165, 1.54) is 31.2 Å². The van der Waals surface area contributed by atoms with Crippen LogP contribution in [-0.4, -0.2) is 36.3 Å². The Morgan fingerprint density at radius 3 is 1.81 bits per heavy atom. The van der Waals surface area contributed by atoms with Crippen molar-refractivity contribution in [3.8, 4) is 11.5 Å². The van der Waals surface area contributed by atoms with E-state index in [4.69, 9.17) is 4.74 Å². The van der Waals surface area contributed by atoms with Gasteiger partial charge in [-0.05, 0) is 47.9 Å². The Balaban J connectivity index is 1.88. The number of carbonyl (C=O) groups excluding carboxylic acids is 2. The first kappa shape index (κ1) is 35.9. The van der Waals surface area contributed by atoms with Crippen molar-refractivity contribution in [1.29, 1.82) is 0 Å². The zero-order valence-electron chi connectivity index (χ0n) is 24.8. The molecule has 48 heavy (non-hydrogen) atoms. The molecule has 1 heterocycles. The van der Waals surface area contributed by atoms with Gasteiger partial charge in [0, 0.05) is 13.3 Å². The average Bonchev–Trinajstić information content (AvgIpc) is 3.41. The summed E-state index contributed by atoms with van der Waals surface area (Å²) in [4.78, 5) is 29.2. The first-order valence-corrected chi connectivity index (χ1v) is 14.6. The largest absolute Gasteiger partial charge is 0.573 e. The van der Waals surface area contributed by atoms with Gasteiger partial charge in [0.15, 0.2) is 5.13 Å². The fourth-order valence-corrected chi connectivity index (χ4v) is 5.64. The van der Waals surface area contributed by atoms with Gasteiger partial charge in [0.2, 0.25) is 0 Å². The maximum atomic E-state index is 14.4. The number of esters is 1. The van der Waals surface area contributed by atoms with Crippen LogP contribution in [0.2, 0.25) is 0 Å². The molecule has 0 bridgehead atoms. The Morgan fingerprint density at radius 2 is 1.33 bits per heavy atom. The van der Waals surface area contributed by atoms with Crippen molar-refractivity contribution in [1.82, 2.24) is 10.3 Å². The first-order chi connectivity index (χ1) is 22.4. The van der Waals surface area contributed by atoms with Crippen LogP contribution in [0.3, 0.4) is 0 Å². The van der Waals surface area contributed by atoms with Crippen molar-refractivity contribution in [2.24, 2.45) is 0 Å². The molecule has 4 rings (SSSR count). The van der Waals surface area contributed by atoms with E-state index in [1.807, 2.05) is 0 Å². The number of nitrogens with one attached hydrogen (secondary N) is 2. The number of hydrogen-bond acceptors (Lipinski definition) is 7. The summed E-state index contributed by atoms with van der Waals surface area (Å²) >= 11 is 0.374. The minimum Gasteiger partial charge on any atom is -0.462 e. The number of amides is 2. The third-order valence-corrected chi connectivity index (χ3v) is 7.43. The van der Waals surface area contributed by atoms with Gasteiger partial charge in [-0.2, -0.15) is 8.78 Å². The molecule has 2 N–H and O–H groups in total. The standard InChI is InChI=1S/C31H25F8N3O5S/c1-3-45-25(43)23-24(28(2,32)33)40-27(48-23)41-26(44)42-29(17-18-9-5-4-6-10-18,19-11-7-13-21(15-19)46-30(34,35)36)20-12-8-14-22(16-20)47-31(37,38)39/h4-16H,3,17H2,1-2H3,(H2,40,41,42,44). The summed E-state index contributed by atoms with van der Waals surface area (Å²) in [5.41, 5.74) is -2.65. The number of ether oxygens (including phenoxy) is 3. The van der Waals surface area contributed by atoms with Crippen LogP contribution in [0.4, 0.5) is 45.0 Å². The van der Waals surface area contributed by atoms with E-state index in [0.717, 1.165) is 24.3 Å². The van der Waals surface area contributed by atoms with Gasteiger partial charge < -0.3 is 19.5 Å². The monoisotopic (exact) mass is 703 g/mol. The predicted molar refractivity (Wildman–Crippen MR) is 157 cm³/mol. The minimum absolute atomic E-state index is 0.0838. The first-order valence-electron chi connectivity index (χ1n) is 13.8. The predicted octanol–water partition coefficient (Wildman–Crippen LogP) is 8.54. The highest BCUT2D eigenvalue weighted by Crippen LogP contribution is 2.39. The van der Waals surface area contributed by atoms with E-state index >= 15 is 0 Å². The van der Waals surface area contributed by atoms with E-state index in [0.29, 0.717) is 23.8 Å². The molecule has 1 aromatic heterocycles. The van der Waals surface area contributed by atoms with Gasteiger partial charge in [-0.25, -0.2) is 14.6 Å². The third-order valence-electron chi connectivity index (χ3n) is 6.48. The maximum Gasteiger partial charge on any atom is 0.573 e. The molecule has 0 saturated carbocycles. The molecule has 2 amide bonds. The van der Waals surface area contributed by atoms with Gasteiger partial charge in [-0.1, -0.05) is 65.9 Å². The normalized spacial score (nSPS) is 12.3. The number of nitrogens with zero attached hydrogens (tertiary/aromatic N) is 1. The highest BCUT2D eigenvalue weighted by atomic mass is 32.1. The molecule has 4 aromatic rings. The van der Waals surface area contributed by atoms with Gasteiger partial charge in [0.05, 0.1) is 12.1 Å². The quantitative estimate of drug-likeness (QED) is 0.120. The van der Waals surface area contributed by atoms with Crippen molar-refractivity contribution in [2.75, 3.05) is 11.9 Å². The van der Waals surface area contributed by atoms with Crippen LogP contribution < -0.4 is 20.1 Å². The summed E-state index contributed by atoms with van der Waals surface area (Å²) in [6, 6.07) is 15.7. The number of rotatable bonds is 11. The maximum absolute atomic E-state index is 14.4. The van der Waals surface area contributed by atoms with Crippen molar-refractivity contribution in [3.63, 3.8) is 0 Å². The molecule has 0 atom stereocenters. The molecule has 256 valence electrons. The number of benzene rings is 3. The van der Waals surface area contributed by atoms with Crippen LogP contribution in [0.5, 0.6) is 11.5 Å². The van der Waals surface area contributed by atoms with Crippen LogP contribution in [0.1, 0.15) is 45.9 Å². The summed E-state index contributed by atoms with van der Waals surface area (Å²) in [5, 5.41) is 4.37. The summed E-state index contributed by atoms with van der Waals surface area (Å²) in [5.74, 6) is -6.18. The van der Waals surface area contributed by atoms with E-state index in [-0.39, 0.29) is 24.2 Å². The molecule has 0 fully saturated rings. The Hall–Kier alpha value is -4.93. The van der Waals surface area contributed by atoms with E-state index in [9.17, 15) is 44.7 Å². The molecule has 0 unspecified atom stereocenters. The van der Waals surface area contributed by atoms with Crippen LogP contribution in [0.25, 0.3) is 0 Å². The van der Waals surface area contributed by atoms with Gasteiger partial charge in [-0.3, -0.25) is 5.32 Å². The van der Waals surface area contributed by atoms with Crippen LogP contribution in [0, 0.1) is 0 Å². The molecule has 3 aromatic carbocycles. The fraction of sp³-hybridized carbons (Fsp3) is 0.258. The third kappa shape index (κ3) is 9.33. The lowest BCUT2D eigenvalue weighted by molar-refractivity contribution is -0.275. The number of alkyl halides is 8. The van der Waals surface area contributed by atoms with Crippen molar-refractivity contribution >= 4 is 28.5 Å². The summed E-state index contributed by atoms with van der Waals surface area (Å²) in [7, 11) is 0. The highest BCUT2D eigenvalue weighted by molar-refractivity contribution is 7.17. The van der Waals surface area contributed by atoms with Crippen LogP contribution >= 0.6 is 11.3 Å². The van der Waals surface area contributed by atoms with E-state index in [2.05, 4.69) is 25.1 Å². The van der Waals surface area contributed by atoms with Crippen LogP contribution in [-0.2, 0) is 22.6 Å². The Labute approximate surface area is 271 Å². The smallest absolute Gasteiger partial charge is 0.462 e. The lowest BCUT2D eigenvalue weighted by Gasteiger charge is -2.37. The van der Waals surface area contributed by atoms with Gasteiger partial charge in [-0.15, -0.1) is 26.3 Å². The molecule has 0 aliphatic heterocycles. The zero-order chi connectivity index (χ0) is 35.3. The number of carbonyl (C=O) groups is 2. The Morgan fingerprint density at radius 1 is 0.792 bits per heavy atom. The summed E-state index contributed by atoms with van der Waals surface area (Å²) < 4.78 is 121. The lowest BCUT2D eigenvalue weighted by atomic mass is 9.77. The fourth-order valence-electron chi connectivity index (χ4n) is 4.71. The summed E-state index contributed by atoms with van der Waals surface area (Å²) in [6.45, 7) is 1.78. The van der Waals surface area contributed by atoms with Crippen LogP contribution in [0.15, 0.2) is 78.9 Å². The second-order valence-corrected chi connectivity index (χ2v) is 11.1. The molecule has 0 spiro atoms. The SMILES string of the molecule is CCOC(=O)c1sc(NC(=O)NC(Cc2ccccc2)(c2cccc(OC(F)(F)F)c2)c2cccc(OC(F)(F)F)c2)nc1C(C)(F)F. The molecule has 0 aliphatic carbocycles. The second-order valence-electron chi connectivity index (χ2n) is 10.1. The molecule has 0 saturated heterocycles. The zero-order valence-corrected chi connectivity index (χ0v) is 25.7. The number of anilines is 1. The molecule has 17 heteroatoms.